The van der Waals surface area contributed by atoms with Gasteiger partial charge in [-0.25, -0.2) is 0 Å². The third-order valence-electron chi connectivity index (χ3n) is 6.27. The molecule has 0 aromatic heterocycles. The zero-order valence-corrected chi connectivity index (χ0v) is 14.4. The van der Waals surface area contributed by atoms with Gasteiger partial charge in [0.05, 0.1) is 0 Å². The van der Waals surface area contributed by atoms with Crippen LogP contribution in [0.25, 0.3) is 0 Å². The highest BCUT2D eigenvalue weighted by atomic mass is 32.1. The lowest BCUT2D eigenvalue weighted by molar-refractivity contribution is -0.00972. The van der Waals surface area contributed by atoms with E-state index in [-0.39, 0.29) is 5.54 Å². The fourth-order valence-electron chi connectivity index (χ4n) is 5.54. The summed E-state index contributed by atoms with van der Waals surface area (Å²) in [5.74, 6) is 2.84. The first kappa shape index (κ1) is 14.5. The zero-order chi connectivity index (χ0) is 15.3. The second kappa shape index (κ2) is 5.23. The summed E-state index contributed by atoms with van der Waals surface area (Å²) in [6.45, 7) is 4.31. The summed E-state index contributed by atoms with van der Waals surface area (Å²) in [6.07, 6.45) is 8.39. The van der Waals surface area contributed by atoms with Crippen molar-refractivity contribution in [2.45, 2.75) is 57.9 Å². The van der Waals surface area contributed by atoms with Gasteiger partial charge in [-0.15, -0.1) is 0 Å². The van der Waals surface area contributed by atoms with Gasteiger partial charge in [0.2, 0.25) is 0 Å². The molecule has 1 aromatic carbocycles. The van der Waals surface area contributed by atoms with Crippen LogP contribution in [-0.4, -0.2) is 10.7 Å². The van der Waals surface area contributed by atoms with Crippen molar-refractivity contribution < 1.29 is 0 Å². The summed E-state index contributed by atoms with van der Waals surface area (Å²) in [4.78, 5) is 0. The maximum absolute atomic E-state index is 5.65. The molecule has 2 N–H and O–H groups in total. The number of thiocarbonyl (C=S) groups is 1. The smallest absolute Gasteiger partial charge is 0.171 e. The molecule has 3 heteroatoms. The molecule has 0 unspecified atom stereocenters. The zero-order valence-electron chi connectivity index (χ0n) is 13.6. The van der Waals surface area contributed by atoms with Crippen LogP contribution in [0.5, 0.6) is 0 Å². The van der Waals surface area contributed by atoms with Gasteiger partial charge < -0.3 is 10.6 Å². The van der Waals surface area contributed by atoms with E-state index < -0.39 is 0 Å². The normalized spacial score (nSPS) is 35.5. The Balaban J connectivity index is 1.47. The predicted octanol–water partition coefficient (Wildman–Crippen LogP) is 4.56. The van der Waals surface area contributed by atoms with Gasteiger partial charge in [0.25, 0.3) is 0 Å². The molecule has 4 aliphatic rings. The molecule has 0 spiro atoms. The van der Waals surface area contributed by atoms with E-state index in [1.807, 2.05) is 0 Å². The summed E-state index contributed by atoms with van der Waals surface area (Å²) in [6, 6.07) is 6.37. The number of benzene rings is 1. The highest BCUT2D eigenvalue weighted by molar-refractivity contribution is 7.80. The number of aryl methyl sites for hydroxylation is 1. The van der Waals surface area contributed by atoms with Crippen LogP contribution in [0.4, 0.5) is 5.69 Å². The lowest BCUT2D eigenvalue weighted by atomic mass is 9.53. The lowest BCUT2D eigenvalue weighted by Crippen LogP contribution is -2.60. The molecular formula is C19H26N2S. The Morgan fingerprint density at radius 2 is 1.64 bits per heavy atom. The molecule has 0 heterocycles. The fraction of sp³-hybridized carbons (Fsp3) is 0.632. The van der Waals surface area contributed by atoms with Gasteiger partial charge in [0, 0.05) is 11.2 Å². The first-order valence-electron chi connectivity index (χ1n) is 8.68. The van der Waals surface area contributed by atoms with Gasteiger partial charge in [-0.1, -0.05) is 12.1 Å². The SMILES string of the molecule is Cc1cccc(NC(=S)NC23CC4CC(CC(C4)C2)C3)c1C. The minimum absolute atomic E-state index is 0.288. The van der Waals surface area contributed by atoms with E-state index in [4.69, 9.17) is 12.2 Å². The van der Waals surface area contributed by atoms with Crippen LogP contribution in [0.15, 0.2) is 18.2 Å². The fourth-order valence-corrected chi connectivity index (χ4v) is 5.87. The Kier molecular flexibility index (Phi) is 3.44. The molecule has 4 aliphatic carbocycles. The van der Waals surface area contributed by atoms with E-state index in [9.17, 15) is 0 Å². The van der Waals surface area contributed by atoms with Gasteiger partial charge in [-0.05, 0) is 99.5 Å². The molecule has 2 nitrogen and oxygen atoms in total. The first-order chi connectivity index (χ1) is 10.5. The summed E-state index contributed by atoms with van der Waals surface area (Å²) in [7, 11) is 0. The molecule has 5 rings (SSSR count). The number of nitrogens with one attached hydrogen (secondary N) is 2. The van der Waals surface area contributed by atoms with E-state index in [1.165, 1.54) is 49.7 Å². The molecule has 1 aromatic rings. The van der Waals surface area contributed by atoms with Crippen molar-refractivity contribution in [1.82, 2.24) is 5.32 Å². The van der Waals surface area contributed by atoms with Crippen LogP contribution in [-0.2, 0) is 0 Å². The van der Waals surface area contributed by atoms with Crippen LogP contribution < -0.4 is 10.6 Å². The second-order valence-corrected chi connectivity index (χ2v) is 8.43. The van der Waals surface area contributed by atoms with Crippen molar-refractivity contribution in [2.75, 3.05) is 5.32 Å². The van der Waals surface area contributed by atoms with Crippen LogP contribution in [0.1, 0.15) is 49.7 Å². The monoisotopic (exact) mass is 314 g/mol. The minimum atomic E-state index is 0.288. The van der Waals surface area contributed by atoms with Crippen LogP contribution in [0.2, 0.25) is 0 Å². The lowest BCUT2D eigenvalue weighted by Gasteiger charge is -2.57. The standard InChI is InChI=1S/C19H26N2S/c1-12-4-3-5-17(13(12)2)20-18(22)21-19-9-14-6-15(10-19)8-16(7-14)11-19/h3-5,14-16H,6-11H2,1-2H3,(H2,20,21,22). The minimum Gasteiger partial charge on any atom is -0.357 e. The molecule has 118 valence electrons. The van der Waals surface area contributed by atoms with Crippen molar-refractivity contribution >= 4 is 23.0 Å². The van der Waals surface area contributed by atoms with Gasteiger partial charge in [0.15, 0.2) is 5.11 Å². The second-order valence-electron chi connectivity index (χ2n) is 8.02. The van der Waals surface area contributed by atoms with E-state index in [2.05, 4.69) is 42.7 Å². The first-order valence-corrected chi connectivity index (χ1v) is 9.09. The van der Waals surface area contributed by atoms with Gasteiger partial charge >= 0.3 is 0 Å². The van der Waals surface area contributed by atoms with E-state index in [0.717, 1.165) is 28.6 Å². The Labute approximate surface area is 139 Å². The summed E-state index contributed by atoms with van der Waals surface area (Å²) in [5.41, 5.74) is 4.03. The van der Waals surface area contributed by atoms with Gasteiger partial charge in [0.1, 0.15) is 0 Å². The van der Waals surface area contributed by atoms with Crippen LogP contribution >= 0.6 is 12.2 Å². The number of anilines is 1. The Morgan fingerprint density at radius 3 is 2.23 bits per heavy atom. The van der Waals surface area contributed by atoms with Gasteiger partial charge in [-0.2, -0.15) is 0 Å². The molecular weight excluding hydrogens is 288 g/mol. The van der Waals surface area contributed by atoms with Crippen LogP contribution in [0, 0.1) is 31.6 Å². The number of rotatable bonds is 2. The average Bonchev–Trinajstić information content (AvgIpc) is 2.41. The largest absolute Gasteiger partial charge is 0.357 e. The van der Waals surface area contributed by atoms with Crippen molar-refractivity contribution in [2.24, 2.45) is 17.8 Å². The summed E-state index contributed by atoms with van der Waals surface area (Å²) < 4.78 is 0. The highest BCUT2D eigenvalue weighted by Gasteiger charge is 2.51. The van der Waals surface area contributed by atoms with E-state index >= 15 is 0 Å². The molecule has 4 saturated carbocycles. The maximum Gasteiger partial charge on any atom is 0.171 e. The van der Waals surface area contributed by atoms with Crippen molar-refractivity contribution in [3.63, 3.8) is 0 Å². The van der Waals surface area contributed by atoms with Crippen molar-refractivity contribution in [3.8, 4) is 0 Å². The summed E-state index contributed by atoms with van der Waals surface area (Å²) in [5, 5.41) is 8.00. The van der Waals surface area contributed by atoms with Gasteiger partial charge in [-0.3, -0.25) is 0 Å². The molecule has 4 fully saturated rings. The van der Waals surface area contributed by atoms with Crippen molar-refractivity contribution in [1.29, 1.82) is 0 Å². The Morgan fingerprint density at radius 1 is 1.05 bits per heavy atom. The van der Waals surface area contributed by atoms with Crippen LogP contribution in [0.3, 0.4) is 0 Å². The predicted molar refractivity (Wildman–Crippen MR) is 96.2 cm³/mol. The molecule has 0 amide bonds. The van der Waals surface area contributed by atoms with E-state index in [0.29, 0.717) is 0 Å². The Hall–Kier alpha value is -1.09. The number of hydrogen-bond acceptors (Lipinski definition) is 1. The highest BCUT2D eigenvalue weighted by Crippen LogP contribution is 2.55. The third-order valence-corrected chi connectivity index (χ3v) is 6.47. The van der Waals surface area contributed by atoms with Crippen molar-refractivity contribution in [3.05, 3.63) is 29.3 Å². The molecule has 0 atom stereocenters. The molecule has 4 bridgehead atoms. The molecule has 0 saturated heterocycles. The number of hydrogen-bond donors (Lipinski definition) is 2. The Bertz CT molecular complexity index is 572. The maximum atomic E-state index is 5.65. The third kappa shape index (κ3) is 2.54. The summed E-state index contributed by atoms with van der Waals surface area (Å²) >= 11 is 5.65. The van der Waals surface area contributed by atoms with E-state index in [1.54, 1.807) is 0 Å². The molecule has 0 aliphatic heterocycles. The molecule has 0 radical (unpaired) electrons. The topological polar surface area (TPSA) is 24.1 Å². The quantitative estimate of drug-likeness (QED) is 0.783. The average molecular weight is 314 g/mol. The molecule has 22 heavy (non-hydrogen) atoms.